The van der Waals surface area contributed by atoms with E-state index in [4.69, 9.17) is 11.6 Å². The molecule has 3 rings (SSSR count). The van der Waals surface area contributed by atoms with Gasteiger partial charge in [-0.1, -0.05) is 96.1 Å². The number of hydrogen-bond donors (Lipinski definition) is 0. The third kappa shape index (κ3) is 3.16. The lowest BCUT2D eigenvalue weighted by Gasteiger charge is -2.31. The van der Waals surface area contributed by atoms with Crippen molar-refractivity contribution in [1.29, 1.82) is 0 Å². The van der Waals surface area contributed by atoms with Crippen LogP contribution < -0.4 is 0 Å². The van der Waals surface area contributed by atoms with Gasteiger partial charge in [0.15, 0.2) is 0 Å². The fourth-order valence-electron chi connectivity index (χ4n) is 2.97. The van der Waals surface area contributed by atoms with Crippen LogP contribution in [0.4, 0.5) is 0 Å². The van der Waals surface area contributed by atoms with E-state index in [1.165, 1.54) is 0 Å². The highest BCUT2D eigenvalue weighted by atomic mass is 35.5. The topological polar surface area (TPSA) is 48.8 Å². The largest absolute Gasteiger partial charge is 0.124 e. The summed E-state index contributed by atoms with van der Waals surface area (Å²) in [4.78, 5) is 3.17. The molecule has 0 aliphatic rings. The number of nitrogens with zero attached hydrogens (tertiary/aromatic N) is 3. The van der Waals surface area contributed by atoms with Crippen molar-refractivity contribution in [1.82, 2.24) is 0 Å². The molecular weight excluding hydrogens is 330 g/mol. The van der Waals surface area contributed by atoms with Gasteiger partial charge in [0, 0.05) is 9.93 Å². The van der Waals surface area contributed by atoms with E-state index in [-0.39, 0.29) is 0 Å². The van der Waals surface area contributed by atoms with Crippen LogP contribution >= 0.6 is 11.6 Å². The van der Waals surface area contributed by atoms with Gasteiger partial charge >= 0.3 is 0 Å². The molecule has 0 saturated carbocycles. The number of benzene rings is 3. The zero-order valence-electron chi connectivity index (χ0n) is 13.5. The molecule has 3 aromatic rings. The van der Waals surface area contributed by atoms with Crippen LogP contribution in [0.1, 0.15) is 22.3 Å². The Hall–Kier alpha value is -3.00. The molecule has 3 aromatic carbocycles. The summed E-state index contributed by atoms with van der Waals surface area (Å²) in [6, 6.07) is 25.0. The van der Waals surface area contributed by atoms with Gasteiger partial charge < -0.3 is 0 Å². The van der Waals surface area contributed by atoms with Gasteiger partial charge in [0.25, 0.3) is 0 Å². The van der Waals surface area contributed by atoms with Crippen molar-refractivity contribution in [3.8, 4) is 0 Å². The van der Waals surface area contributed by atoms with Crippen molar-refractivity contribution in [3.63, 3.8) is 0 Å². The van der Waals surface area contributed by atoms with Gasteiger partial charge in [-0.25, -0.2) is 0 Å². The van der Waals surface area contributed by atoms with E-state index in [9.17, 15) is 5.53 Å². The average Bonchev–Trinajstić information content (AvgIpc) is 2.68. The molecule has 0 bridgehead atoms. The summed E-state index contributed by atoms with van der Waals surface area (Å²) >= 11 is 6.06. The van der Waals surface area contributed by atoms with Gasteiger partial charge in [-0.3, -0.25) is 0 Å². The smallest absolute Gasteiger partial charge is 0.0985 e. The van der Waals surface area contributed by atoms with E-state index in [2.05, 4.69) is 16.6 Å². The maximum atomic E-state index is 9.36. The van der Waals surface area contributed by atoms with Crippen LogP contribution in [0.2, 0.25) is 5.02 Å². The molecule has 0 amide bonds. The van der Waals surface area contributed by atoms with E-state index in [1.807, 2.05) is 66.7 Å². The van der Waals surface area contributed by atoms with Gasteiger partial charge in [-0.2, -0.15) is 0 Å². The van der Waals surface area contributed by atoms with E-state index >= 15 is 0 Å². The lowest BCUT2D eigenvalue weighted by Crippen LogP contribution is -2.26. The molecule has 0 heterocycles. The Kier molecular flexibility index (Phi) is 4.90. The molecule has 0 aromatic heterocycles. The number of halogens is 1. The Morgan fingerprint density at radius 1 is 0.840 bits per heavy atom. The summed E-state index contributed by atoms with van der Waals surface area (Å²) in [7, 11) is 0. The summed E-state index contributed by atoms with van der Waals surface area (Å²) in [5.41, 5.74) is 12.0. The Labute approximate surface area is 151 Å². The van der Waals surface area contributed by atoms with Gasteiger partial charge in [-0.05, 0) is 39.9 Å². The van der Waals surface area contributed by atoms with Crippen molar-refractivity contribution >= 4 is 17.7 Å². The highest BCUT2D eigenvalue weighted by molar-refractivity contribution is 6.30. The summed E-state index contributed by atoms with van der Waals surface area (Å²) in [6.45, 7) is 3.79. The van der Waals surface area contributed by atoms with Crippen LogP contribution in [-0.4, -0.2) is 0 Å². The molecule has 122 valence electrons. The Morgan fingerprint density at radius 3 is 1.88 bits per heavy atom. The van der Waals surface area contributed by atoms with E-state index in [0.717, 1.165) is 22.3 Å². The first-order valence-corrected chi connectivity index (χ1v) is 8.19. The minimum atomic E-state index is -0.972. The molecule has 1 atom stereocenters. The Bertz CT molecular complexity index is 912. The molecule has 0 N–H and O–H groups in total. The lowest BCUT2D eigenvalue weighted by atomic mass is 9.77. The lowest BCUT2D eigenvalue weighted by molar-refractivity contribution is 0.647. The first-order valence-electron chi connectivity index (χ1n) is 7.81. The summed E-state index contributed by atoms with van der Waals surface area (Å²) < 4.78 is 0. The van der Waals surface area contributed by atoms with Crippen LogP contribution in [0.15, 0.2) is 90.6 Å². The first kappa shape index (κ1) is 16.8. The Balaban J connectivity index is 2.33. The molecule has 0 aliphatic carbocycles. The standard InChI is InChI=1S/C21H16ClN3/c1-2-16-8-10-18(11-9-16)21(24-25-23,17-6-4-3-5-7-17)19-12-14-20(22)15-13-19/h2-15H,1H2. The highest BCUT2D eigenvalue weighted by Gasteiger charge is 2.35. The number of hydrogen-bond acceptors (Lipinski definition) is 1. The highest BCUT2D eigenvalue weighted by Crippen LogP contribution is 2.41. The molecule has 0 fully saturated rings. The van der Waals surface area contributed by atoms with E-state index in [1.54, 1.807) is 18.2 Å². The summed E-state index contributed by atoms with van der Waals surface area (Å²) in [6.07, 6.45) is 1.78. The van der Waals surface area contributed by atoms with E-state index in [0.29, 0.717) is 5.02 Å². The predicted octanol–water partition coefficient (Wildman–Crippen LogP) is 6.59. The fourth-order valence-corrected chi connectivity index (χ4v) is 3.10. The van der Waals surface area contributed by atoms with Crippen LogP contribution in [0.5, 0.6) is 0 Å². The molecule has 4 heteroatoms. The number of azide groups is 1. The first-order chi connectivity index (χ1) is 12.2. The molecule has 3 nitrogen and oxygen atoms in total. The third-order valence-corrected chi connectivity index (χ3v) is 4.46. The van der Waals surface area contributed by atoms with Crippen molar-refractivity contribution in [2.75, 3.05) is 0 Å². The third-order valence-electron chi connectivity index (χ3n) is 4.21. The molecule has 1 unspecified atom stereocenters. The molecule has 0 spiro atoms. The second-order valence-electron chi connectivity index (χ2n) is 5.60. The SMILES string of the molecule is C=Cc1ccc(C(N=[N+]=[N-])(c2ccccc2)c2ccc(Cl)cc2)cc1. The minimum absolute atomic E-state index is 0.633. The summed E-state index contributed by atoms with van der Waals surface area (Å²) in [5, 5.41) is 4.90. The normalized spacial score (nSPS) is 12.7. The van der Waals surface area contributed by atoms with Gasteiger partial charge in [0.2, 0.25) is 0 Å². The molecule has 25 heavy (non-hydrogen) atoms. The van der Waals surface area contributed by atoms with Gasteiger partial charge in [0.05, 0.1) is 0 Å². The van der Waals surface area contributed by atoms with E-state index < -0.39 is 5.54 Å². The Morgan fingerprint density at radius 2 is 1.36 bits per heavy atom. The van der Waals surface area contributed by atoms with Crippen molar-refractivity contribution in [3.05, 3.63) is 123 Å². The fraction of sp³-hybridized carbons (Fsp3) is 0.0476. The molecule has 0 radical (unpaired) electrons. The van der Waals surface area contributed by atoms with Crippen molar-refractivity contribution in [2.24, 2.45) is 5.11 Å². The maximum absolute atomic E-state index is 9.36. The van der Waals surface area contributed by atoms with Gasteiger partial charge in [0.1, 0.15) is 5.54 Å². The minimum Gasteiger partial charge on any atom is -0.0985 e. The summed E-state index contributed by atoms with van der Waals surface area (Å²) in [5.74, 6) is 0. The second-order valence-corrected chi connectivity index (χ2v) is 6.04. The van der Waals surface area contributed by atoms with Crippen LogP contribution in [0.3, 0.4) is 0 Å². The van der Waals surface area contributed by atoms with Crippen LogP contribution in [0.25, 0.3) is 16.5 Å². The monoisotopic (exact) mass is 345 g/mol. The molecular formula is C21H16ClN3. The van der Waals surface area contributed by atoms with Crippen LogP contribution in [0, 0.1) is 0 Å². The maximum Gasteiger partial charge on any atom is 0.124 e. The quantitative estimate of drug-likeness (QED) is 0.217. The molecule has 0 aliphatic heterocycles. The number of rotatable bonds is 5. The average molecular weight is 346 g/mol. The predicted molar refractivity (Wildman–Crippen MR) is 103 cm³/mol. The second kappa shape index (κ2) is 7.27. The van der Waals surface area contributed by atoms with Crippen molar-refractivity contribution in [2.45, 2.75) is 5.54 Å². The zero-order valence-corrected chi connectivity index (χ0v) is 14.3. The molecule has 0 saturated heterocycles. The van der Waals surface area contributed by atoms with Gasteiger partial charge in [-0.15, -0.1) is 0 Å². The van der Waals surface area contributed by atoms with Crippen LogP contribution in [-0.2, 0) is 5.54 Å². The van der Waals surface area contributed by atoms with Crippen molar-refractivity contribution < 1.29 is 0 Å². The zero-order chi connectivity index (χ0) is 17.7.